The maximum atomic E-state index is 13.2. The maximum Gasteiger partial charge on any atom is 0.144 e. The zero-order valence-corrected chi connectivity index (χ0v) is 14.8. The predicted octanol–water partition coefficient (Wildman–Crippen LogP) is 4.36. The van der Waals surface area contributed by atoms with Crippen LogP contribution in [0.2, 0.25) is 0 Å². The Labute approximate surface area is 152 Å². The number of hydrogen-bond donors (Lipinski definition) is 1. The molecule has 0 unspecified atom stereocenters. The van der Waals surface area contributed by atoms with Crippen LogP contribution in [0.1, 0.15) is 29.7 Å². The minimum absolute atomic E-state index is 0.214. The maximum absolute atomic E-state index is 13.2. The van der Waals surface area contributed by atoms with Crippen LogP contribution in [0, 0.1) is 5.82 Å². The SMILES string of the molecule is COc1ccccc1-n1nc(Cc2ccc(F)cc2)c2c1NCCCC2. The van der Waals surface area contributed by atoms with Crippen molar-refractivity contribution in [1.82, 2.24) is 9.78 Å². The molecule has 4 rings (SSSR count). The van der Waals surface area contributed by atoms with E-state index >= 15 is 0 Å². The van der Waals surface area contributed by atoms with E-state index in [2.05, 4.69) is 5.32 Å². The summed E-state index contributed by atoms with van der Waals surface area (Å²) < 4.78 is 20.7. The molecule has 3 aromatic rings. The van der Waals surface area contributed by atoms with E-state index in [0.29, 0.717) is 6.42 Å². The summed E-state index contributed by atoms with van der Waals surface area (Å²) in [6.45, 7) is 0.934. The average molecular weight is 351 g/mol. The molecular weight excluding hydrogens is 329 g/mol. The molecule has 4 nitrogen and oxygen atoms in total. The van der Waals surface area contributed by atoms with E-state index in [9.17, 15) is 4.39 Å². The number of benzene rings is 2. The third-order valence-corrected chi connectivity index (χ3v) is 4.81. The van der Waals surface area contributed by atoms with Crippen LogP contribution in [0.25, 0.3) is 5.69 Å². The molecular formula is C21H22FN3O. The first-order chi connectivity index (χ1) is 12.8. The molecule has 0 bridgehead atoms. The van der Waals surface area contributed by atoms with Gasteiger partial charge in [-0.1, -0.05) is 24.3 Å². The average Bonchev–Trinajstić information content (AvgIpc) is 2.84. The van der Waals surface area contributed by atoms with Gasteiger partial charge in [-0.2, -0.15) is 5.10 Å². The number of hydrogen-bond acceptors (Lipinski definition) is 3. The number of aromatic nitrogens is 2. The van der Waals surface area contributed by atoms with Crippen molar-refractivity contribution in [2.75, 3.05) is 19.0 Å². The molecule has 0 saturated heterocycles. The Bertz CT molecular complexity index is 902. The van der Waals surface area contributed by atoms with E-state index in [0.717, 1.165) is 54.3 Å². The van der Waals surface area contributed by atoms with Gasteiger partial charge in [0.15, 0.2) is 0 Å². The standard InChI is InChI=1S/C21H22FN3O/c1-26-20-8-3-2-7-19(20)25-21-17(6-4-5-13-23-21)18(24-25)14-15-9-11-16(22)12-10-15/h2-3,7-12,23H,4-6,13-14H2,1H3. The number of nitrogens with zero attached hydrogens (tertiary/aromatic N) is 2. The lowest BCUT2D eigenvalue weighted by Crippen LogP contribution is -2.08. The van der Waals surface area contributed by atoms with Crippen LogP contribution >= 0.6 is 0 Å². The molecule has 0 aliphatic carbocycles. The monoisotopic (exact) mass is 351 g/mol. The van der Waals surface area contributed by atoms with Crippen LogP contribution in [0.5, 0.6) is 5.75 Å². The van der Waals surface area contributed by atoms with Crippen molar-refractivity contribution < 1.29 is 9.13 Å². The molecule has 0 fully saturated rings. The topological polar surface area (TPSA) is 39.1 Å². The summed E-state index contributed by atoms with van der Waals surface area (Å²) in [6.07, 6.45) is 3.95. The van der Waals surface area contributed by atoms with Gasteiger partial charge in [0, 0.05) is 18.5 Å². The molecule has 2 aromatic carbocycles. The molecule has 5 heteroatoms. The van der Waals surface area contributed by atoms with Crippen molar-refractivity contribution in [3.8, 4) is 11.4 Å². The van der Waals surface area contributed by atoms with Crippen LogP contribution in [-0.4, -0.2) is 23.4 Å². The van der Waals surface area contributed by atoms with Crippen LogP contribution in [0.3, 0.4) is 0 Å². The number of halogens is 1. The Balaban J connectivity index is 1.80. The molecule has 1 N–H and O–H groups in total. The van der Waals surface area contributed by atoms with Gasteiger partial charge in [0.2, 0.25) is 0 Å². The largest absolute Gasteiger partial charge is 0.494 e. The van der Waals surface area contributed by atoms with Gasteiger partial charge >= 0.3 is 0 Å². The van der Waals surface area contributed by atoms with E-state index in [1.54, 1.807) is 7.11 Å². The minimum Gasteiger partial charge on any atom is -0.494 e. The first-order valence-corrected chi connectivity index (χ1v) is 8.99. The lowest BCUT2D eigenvalue weighted by atomic mass is 10.0. The Morgan fingerprint density at radius 3 is 2.73 bits per heavy atom. The number of anilines is 1. The first-order valence-electron chi connectivity index (χ1n) is 8.99. The normalized spacial score (nSPS) is 13.6. The molecule has 134 valence electrons. The molecule has 0 radical (unpaired) electrons. The highest BCUT2D eigenvalue weighted by atomic mass is 19.1. The Kier molecular flexibility index (Phi) is 4.61. The van der Waals surface area contributed by atoms with Crippen molar-refractivity contribution in [1.29, 1.82) is 0 Å². The van der Waals surface area contributed by atoms with Crippen molar-refractivity contribution in [3.05, 3.63) is 71.2 Å². The van der Waals surface area contributed by atoms with Gasteiger partial charge in [0.25, 0.3) is 0 Å². The lowest BCUT2D eigenvalue weighted by Gasteiger charge is -2.12. The fraction of sp³-hybridized carbons (Fsp3) is 0.286. The van der Waals surface area contributed by atoms with Crippen molar-refractivity contribution in [3.63, 3.8) is 0 Å². The summed E-state index contributed by atoms with van der Waals surface area (Å²) in [7, 11) is 1.67. The van der Waals surface area contributed by atoms with E-state index in [1.807, 2.05) is 41.1 Å². The third-order valence-electron chi connectivity index (χ3n) is 4.81. The predicted molar refractivity (Wildman–Crippen MR) is 101 cm³/mol. The van der Waals surface area contributed by atoms with E-state index < -0.39 is 0 Å². The third kappa shape index (κ3) is 3.17. The fourth-order valence-corrected chi connectivity index (χ4v) is 3.49. The molecule has 1 aliphatic heterocycles. The summed E-state index contributed by atoms with van der Waals surface area (Å²) in [4.78, 5) is 0. The van der Waals surface area contributed by atoms with E-state index in [-0.39, 0.29) is 5.82 Å². The second kappa shape index (κ2) is 7.20. The van der Waals surface area contributed by atoms with Crippen molar-refractivity contribution in [2.45, 2.75) is 25.7 Å². The van der Waals surface area contributed by atoms with Crippen molar-refractivity contribution >= 4 is 5.82 Å². The minimum atomic E-state index is -0.214. The van der Waals surface area contributed by atoms with E-state index in [1.165, 1.54) is 17.7 Å². The van der Waals surface area contributed by atoms with Gasteiger partial charge in [-0.25, -0.2) is 9.07 Å². The first kappa shape index (κ1) is 16.6. The number of methoxy groups -OCH3 is 1. The van der Waals surface area contributed by atoms with Gasteiger partial charge in [0.1, 0.15) is 23.1 Å². The molecule has 1 aromatic heterocycles. The highest BCUT2D eigenvalue weighted by Gasteiger charge is 2.22. The molecule has 0 amide bonds. The number of nitrogens with one attached hydrogen (secondary N) is 1. The fourth-order valence-electron chi connectivity index (χ4n) is 3.49. The highest BCUT2D eigenvalue weighted by molar-refractivity contribution is 5.58. The Hall–Kier alpha value is -2.82. The summed E-state index contributed by atoms with van der Waals surface area (Å²) in [6, 6.07) is 14.6. The van der Waals surface area contributed by atoms with Gasteiger partial charge in [0.05, 0.1) is 12.8 Å². The quantitative estimate of drug-likeness (QED) is 0.759. The second-order valence-electron chi connectivity index (χ2n) is 6.54. The number of ether oxygens (including phenoxy) is 1. The van der Waals surface area contributed by atoms with Gasteiger partial charge in [-0.05, 0) is 49.1 Å². The Morgan fingerprint density at radius 1 is 1.12 bits per heavy atom. The smallest absolute Gasteiger partial charge is 0.144 e. The summed E-state index contributed by atoms with van der Waals surface area (Å²) in [5.41, 5.74) is 4.26. The van der Waals surface area contributed by atoms with Gasteiger partial charge in [-0.3, -0.25) is 0 Å². The van der Waals surface area contributed by atoms with E-state index in [4.69, 9.17) is 9.84 Å². The molecule has 0 saturated carbocycles. The van der Waals surface area contributed by atoms with Gasteiger partial charge < -0.3 is 10.1 Å². The van der Waals surface area contributed by atoms with Gasteiger partial charge in [-0.15, -0.1) is 0 Å². The molecule has 0 atom stereocenters. The second-order valence-corrected chi connectivity index (χ2v) is 6.54. The van der Waals surface area contributed by atoms with Crippen LogP contribution in [0.15, 0.2) is 48.5 Å². The van der Waals surface area contributed by atoms with Crippen LogP contribution in [0.4, 0.5) is 10.2 Å². The van der Waals surface area contributed by atoms with Crippen molar-refractivity contribution in [2.24, 2.45) is 0 Å². The zero-order chi connectivity index (χ0) is 17.9. The molecule has 0 spiro atoms. The summed E-state index contributed by atoms with van der Waals surface area (Å²) >= 11 is 0. The summed E-state index contributed by atoms with van der Waals surface area (Å²) in [5, 5.41) is 8.45. The molecule has 1 aliphatic rings. The van der Waals surface area contributed by atoms with Crippen LogP contribution in [-0.2, 0) is 12.8 Å². The molecule has 26 heavy (non-hydrogen) atoms. The highest BCUT2D eigenvalue weighted by Crippen LogP contribution is 2.32. The summed E-state index contributed by atoms with van der Waals surface area (Å²) in [5.74, 6) is 1.62. The number of para-hydroxylation sites is 2. The lowest BCUT2D eigenvalue weighted by molar-refractivity contribution is 0.412. The zero-order valence-electron chi connectivity index (χ0n) is 14.8. The molecule has 2 heterocycles. The Morgan fingerprint density at radius 2 is 1.92 bits per heavy atom. The van der Waals surface area contributed by atoms with Crippen LogP contribution < -0.4 is 10.1 Å². The number of fused-ring (bicyclic) bond motifs is 1. The number of rotatable bonds is 4.